The molecule has 0 spiro atoms. The molecule has 0 N–H and O–H groups in total. The highest BCUT2D eigenvalue weighted by molar-refractivity contribution is 5.80. The summed E-state index contributed by atoms with van der Waals surface area (Å²) in [7, 11) is 1.62. The van der Waals surface area contributed by atoms with Crippen LogP contribution in [-0.4, -0.2) is 46.7 Å². The minimum Gasteiger partial charge on any atom is -0.339 e. The van der Waals surface area contributed by atoms with Gasteiger partial charge in [-0.05, 0) is 29.7 Å². The molecule has 104 valence electrons. The monoisotopic (exact) mass is 271 g/mol. The third-order valence-corrected chi connectivity index (χ3v) is 3.79. The number of hydrogen-bond acceptors (Lipinski definition) is 2. The van der Waals surface area contributed by atoms with E-state index in [-0.39, 0.29) is 12.5 Å². The van der Waals surface area contributed by atoms with Gasteiger partial charge in [0.1, 0.15) is 0 Å². The molecule has 0 radical (unpaired) electrons. The van der Waals surface area contributed by atoms with Gasteiger partial charge in [-0.3, -0.25) is 9.59 Å². The first-order chi connectivity index (χ1) is 9.69. The topological polar surface area (TPSA) is 45.0 Å². The van der Waals surface area contributed by atoms with Crippen LogP contribution in [0.1, 0.15) is 11.1 Å². The fraction of sp³-hybridized carbons (Fsp3) is 0.333. The molecule has 0 bridgehead atoms. The molecule has 0 atom stereocenters. The van der Waals surface area contributed by atoms with Crippen molar-refractivity contribution < 1.29 is 9.59 Å². The average molecular weight is 271 g/mol. The number of carbonyl (C=O) groups excluding carboxylic acids is 2. The largest absolute Gasteiger partial charge is 0.339 e. The van der Waals surface area contributed by atoms with Crippen molar-refractivity contribution in [2.45, 2.75) is 13.0 Å². The van der Waals surface area contributed by atoms with Crippen LogP contribution in [0.2, 0.25) is 0 Å². The molecule has 0 unspecified atom stereocenters. The zero-order chi connectivity index (χ0) is 14.1. The number of fused-ring (bicyclic) bond motifs is 3. The highest BCUT2D eigenvalue weighted by atomic mass is 16.2. The van der Waals surface area contributed by atoms with Gasteiger partial charge in [-0.25, -0.2) is 0 Å². The van der Waals surface area contributed by atoms with Crippen molar-refractivity contribution in [2.75, 3.05) is 20.1 Å². The van der Waals surface area contributed by atoms with Gasteiger partial charge in [0.05, 0.1) is 6.54 Å². The van der Waals surface area contributed by atoms with Crippen LogP contribution in [0.25, 0.3) is 5.52 Å². The first-order valence-corrected chi connectivity index (χ1v) is 6.70. The maximum Gasteiger partial charge on any atom is 0.242 e. The number of aromatic nitrogens is 1. The van der Waals surface area contributed by atoms with Crippen molar-refractivity contribution in [1.29, 1.82) is 0 Å². The molecule has 20 heavy (non-hydrogen) atoms. The Hall–Kier alpha value is -2.30. The zero-order valence-electron chi connectivity index (χ0n) is 11.5. The van der Waals surface area contributed by atoms with E-state index >= 15 is 0 Å². The maximum absolute atomic E-state index is 12.1. The molecule has 2 amide bonds. The Morgan fingerprint density at radius 2 is 2.30 bits per heavy atom. The Morgan fingerprint density at radius 1 is 1.45 bits per heavy atom. The lowest BCUT2D eigenvalue weighted by atomic mass is 10.0. The molecule has 5 heteroatoms. The summed E-state index contributed by atoms with van der Waals surface area (Å²) in [5.74, 6) is 0.000469. The van der Waals surface area contributed by atoms with Crippen molar-refractivity contribution in [2.24, 2.45) is 0 Å². The van der Waals surface area contributed by atoms with Gasteiger partial charge < -0.3 is 14.2 Å². The third kappa shape index (κ3) is 2.15. The minimum atomic E-state index is 0.000469. The summed E-state index contributed by atoms with van der Waals surface area (Å²) in [5, 5.41) is 0. The fourth-order valence-electron chi connectivity index (χ4n) is 2.75. The van der Waals surface area contributed by atoms with Gasteiger partial charge in [-0.2, -0.15) is 0 Å². The van der Waals surface area contributed by atoms with Gasteiger partial charge >= 0.3 is 0 Å². The van der Waals surface area contributed by atoms with E-state index in [1.54, 1.807) is 7.05 Å². The molecule has 2 aromatic heterocycles. The second kappa shape index (κ2) is 5.00. The van der Waals surface area contributed by atoms with Crippen molar-refractivity contribution in [3.8, 4) is 0 Å². The van der Waals surface area contributed by atoms with Crippen molar-refractivity contribution in [1.82, 2.24) is 14.2 Å². The lowest BCUT2D eigenvalue weighted by molar-refractivity contribution is -0.135. The maximum atomic E-state index is 12.1. The summed E-state index contributed by atoms with van der Waals surface area (Å²) >= 11 is 0. The predicted molar refractivity (Wildman–Crippen MR) is 75.2 cm³/mol. The van der Waals surface area contributed by atoms with Crippen LogP contribution in [-0.2, 0) is 22.6 Å². The molecule has 3 rings (SSSR count). The normalized spacial score (nSPS) is 14.2. The molecule has 0 saturated carbocycles. The first-order valence-electron chi connectivity index (χ1n) is 6.70. The summed E-state index contributed by atoms with van der Waals surface area (Å²) < 4.78 is 2.11. The number of amides is 2. The molecule has 5 nitrogen and oxygen atoms in total. The SMILES string of the molecule is CN(C=O)CC(=O)N1CCc2c(cn3ccccc23)C1. The van der Waals surface area contributed by atoms with Crippen LogP contribution in [0.4, 0.5) is 0 Å². The summed E-state index contributed by atoms with van der Waals surface area (Å²) in [5.41, 5.74) is 3.75. The quantitative estimate of drug-likeness (QED) is 0.779. The molecule has 1 aliphatic heterocycles. The van der Waals surface area contributed by atoms with Crippen molar-refractivity contribution >= 4 is 17.8 Å². The second-order valence-corrected chi connectivity index (χ2v) is 5.21. The average Bonchev–Trinajstić information content (AvgIpc) is 2.84. The van der Waals surface area contributed by atoms with Gasteiger partial charge in [0, 0.05) is 38.0 Å². The molecule has 2 aromatic rings. The highest BCUT2D eigenvalue weighted by Crippen LogP contribution is 2.25. The van der Waals surface area contributed by atoms with Gasteiger partial charge in [-0.1, -0.05) is 6.07 Å². The lowest BCUT2D eigenvalue weighted by Crippen LogP contribution is -2.41. The van der Waals surface area contributed by atoms with Crippen LogP contribution < -0.4 is 0 Å². The third-order valence-electron chi connectivity index (χ3n) is 3.79. The molecule has 0 fully saturated rings. The molecule has 0 saturated heterocycles. The second-order valence-electron chi connectivity index (χ2n) is 5.21. The Kier molecular flexibility index (Phi) is 3.18. The van der Waals surface area contributed by atoms with E-state index in [4.69, 9.17) is 0 Å². The molecular formula is C15H17N3O2. The van der Waals surface area contributed by atoms with Crippen LogP contribution in [0, 0.1) is 0 Å². The number of pyridine rings is 1. The number of nitrogens with zero attached hydrogens (tertiary/aromatic N) is 3. The molecular weight excluding hydrogens is 254 g/mol. The summed E-state index contributed by atoms with van der Waals surface area (Å²) in [6, 6.07) is 6.14. The van der Waals surface area contributed by atoms with Gasteiger partial charge in [0.25, 0.3) is 0 Å². The van der Waals surface area contributed by atoms with E-state index in [0.717, 1.165) is 6.42 Å². The number of rotatable bonds is 3. The van der Waals surface area contributed by atoms with E-state index in [0.29, 0.717) is 19.5 Å². The molecule has 1 aliphatic rings. The summed E-state index contributed by atoms with van der Waals surface area (Å²) in [6.45, 7) is 1.49. The van der Waals surface area contributed by atoms with Gasteiger partial charge in [-0.15, -0.1) is 0 Å². The number of carbonyl (C=O) groups is 2. The van der Waals surface area contributed by atoms with Crippen LogP contribution in [0.15, 0.2) is 30.6 Å². The lowest BCUT2D eigenvalue weighted by Gasteiger charge is -2.28. The van der Waals surface area contributed by atoms with E-state index in [1.165, 1.54) is 21.5 Å². The summed E-state index contributed by atoms with van der Waals surface area (Å²) in [4.78, 5) is 25.9. The van der Waals surface area contributed by atoms with Crippen molar-refractivity contribution in [3.63, 3.8) is 0 Å². The number of likely N-dealkylation sites (N-methyl/N-ethyl adjacent to an activating group) is 1. The van der Waals surface area contributed by atoms with Crippen LogP contribution >= 0.6 is 0 Å². The van der Waals surface area contributed by atoms with Crippen molar-refractivity contribution in [3.05, 3.63) is 41.7 Å². The van der Waals surface area contributed by atoms with E-state index in [1.807, 2.05) is 23.2 Å². The molecule has 0 aromatic carbocycles. The molecule has 0 aliphatic carbocycles. The Labute approximate surface area is 117 Å². The van der Waals surface area contributed by atoms with Gasteiger partial charge in [0.2, 0.25) is 12.3 Å². The Balaban J connectivity index is 1.82. The Morgan fingerprint density at radius 3 is 3.10 bits per heavy atom. The zero-order valence-corrected chi connectivity index (χ0v) is 11.5. The molecule has 3 heterocycles. The highest BCUT2D eigenvalue weighted by Gasteiger charge is 2.23. The van der Waals surface area contributed by atoms with E-state index in [2.05, 4.69) is 16.7 Å². The van der Waals surface area contributed by atoms with E-state index < -0.39 is 0 Å². The smallest absolute Gasteiger partial charge is 0.242 e. The van der Waals surface area contributed by atoms with Crippen LogP contribution in [0.5, 0.6) is 0 Å². The minimum absolute atomic E-state index is 0.000469. The van der Waals surface area contributed by atoms with Gasteiger partial charge in [0.15, 0.2) is 0 Å². The Bertz CT molecular complexity index is 662. The van der Waals surface area contributed by atoms with Crippen LogP contribution in [0.3, 0.4) is 0 Å². The number of hydrogen-bond donors (Lipinski definition) is 0. The predicted octanol–water partition coefficient (Wildman–Crippen LogP) is 0.912. The summed E-state index contributed by atoms with van der Waals surface area (Å²) in [6.07, 6.45) is 5.67. The standard InChI is InChI=1S/C15H17N3O2/c1-16(11-19)10-15(20)18-7-5-13-12(9-18)8-17-6-3-2-4-14(13)17/h2-4,6,8,11H,5,7,9-10H2,1H3. The first kappa shape index (κ1) is 12.7. The fourth-order valence-corrected chi connectivity index (χ4v) is 2.75. The van der Waals surface area contributed by atoms with E-state index in [9.17, 15) is 9.59 Å².